The minimum absolute atomic E-state index is 0.833. The number of hydrogen-bond acceptors (Lipinski definition) is 1. The lowest BCUT2D eigenvalue weighted by Gasteiger charge is -2.03. The zero-order chi connectivity index (χ0) is 11.2. The molecule has 88 valence electrons. The van der Waals surface area contributed by atoms with Crippen molar-refractivity contribution in [2.24, 2.45) is 5.92 Å². The van der Waals surface area contributed by atoms with Crippen LogP contribution in [0.25, 0.3) is 0 Å². The highest BCUT2D eigenvalue weighted by Crippen LogP contribution is 2.46. The molecule has 2 rings (SSSR count). The maximum atomic E-state index is 3.58. The third kappa shape index (κ3) is 3.34. The Labute approximate surface area is 99.3 Å². The fourth-order valence-electron chi connectivity index (χ4n) is 2.37. The molecule has 1 saturated carbocycles. The minimum atomic E-state index is 0.833. The topological polar surface area (TPSA) is 12.0 Å². The van der Waals surface area contributed by atoms with Crippen LogP contribution >= 0.6 is 0 Å². The SMILES string of the molecule is CCCCCNC[C@@H]1C[C@H]1c1ccccc1. The summed E-state index contributed by atoms with van der Waals surface area (Å²) >= 11 is 0. The van der Waals surface area contributed by atoms with Gasteiger partial charge in [-0.15, -0.1) is 0 Å². The van der Waals surface area contributed by atoms with Gasteiger partial charge in [0.25, 0.3) is 0 Å². The fraction of sp³-hybridized carbons (Fsp3) is 0.600. The maximum Gasteiger partial charge on any atom is -0.00144 e. The van der Waals surface area contributed by atoms with Crippen molar-refractivity contribution >= 4 is 0 Å². The van der Waals surface area contributed by atoms with Gasteiger partial charge in [-0.2, -0.15) is 0 Å². The van der Waals surface area contributed by atoms with E-state index in [0.29, 0.717) is 0 Å². The molecular weight excluding hydrogens is 194 g/mol. The molecule has 0 saturated heterocycles. The highest BCUT2D eigenvalue weighted by molar-refractivity contribution is 5.25. The van der Waals surface area contributed by atoms with E-state index >= 15 is 0 Å². The first kappa shape index (κ1) is 11.7. The van der Waals surface area contributed by atoms with E-state index in [1.165, 1.54) is 44.3 Å². The molecule has 0 heterocycles. The molecule has 1 N–H and O–H groups in total. The van der Waals surface area contributed by atoms with Gasteiger partial charge in [0, 0.05) is 0 Å². The van der Waals surface area contributed by atoms with Crippen LogP contribution in [0, 0.1) is 5.92 Å². The van der Waals surface area contributed by atoms with Crippen LogP contribution in [0.2, 0.25) is 0 Å². The monoisotopic (exact) mass is 217 g/mol. The molecule has 0 spiro atoms. The van der Waals surface area contributed by atoms with E-state index in [2.05, 4.69) is 42.6 Å². The molecule has 16 heavy (non-hydrogen) atoms. The average Bonchev–Trinajstić information content (AvgIpc) is 3.10. The Balaban J connectivity index is 1.61. The van der Waals surface area contributed by atoms with Crippen molar-refractivity contribution in [1.82, 2.24) is 5.32 Å². The Hall–Kier alpha value is -0.820. The van der Waals surface area contributed by atoms with Crippen LogP contribution in [0.15, 0.2) is 30.3 Å². The highest BCUT2D eigenvalue weighted by atomic mass is 14.9. The van der Waals surface area contributed by atoms with Gasteiger partial charge in [-0.05, 0) is 43.3 Å². The maximum absolute atomic E-state index is 3.58. The first-order valence-electron chi connectivity index (χ1n) is 6.67. The fourth-order valence-corrected chi connectivity index (χ4v) is 2.37. The number of rotatable bonds is 7. The van der Waals surface area contributed by atoms with Crippen molar-refractivity contribution in [3.05, 3.63) is 35.9 Å². The van der Waals surface area contributed by atoms with Crippen molar-refractivity contribution in [3.8, 4) is 0 Å². The molecule has 1 heteroatoms. The molecule has 2 atom stereocenters. The zero-order valence-electron chi connectivity index (χ0n) is 10.3. The van der Waals surface area contributed by atoms with Gasteiger partial charge < -0.3 is 5.32 Å². The van der Waals surface area contributed by atoms with E-state index in [1.54, 1.807) is 0 Å². The molecule has 0 unspecified atom stereocenters. The molecule has 0 aliphatic heterocycles. The van der Waals surface area contributed by atoms with Crippen LogP contribution in [-0.4, -0.2) is 13.1 Å². The van der Waals surface area contributed by atoms with Crippen molar-refractivity contribution in [2.75, 3.05) is 13.1 Å². The lowest BCUT2D eigenvalue weighted by molar-refractivity contribution is 0.585. The van der Waals surface area contributed by atoms with Crippen LogP contribution in [0.5, 0.6) is 0 Å². The molecule has 0 bridgehead atoms. The number of benzene rings is 1. The van der Waals surface area contributed by atoms with Crippen LogP contribution in [0.1, 0.15) is 44.1 Å². The quantitative estimate of drug-likeness (QED) is 0.688. The van der Waals surface area contributed by atoms with Gasteiger partial charge in [-0.25, -0.2) is 0 Å². The summed E-state index contributed by atoms with van der Waals surface area (Å²) in [7, 11) is 0. The van der Waals surface area contributed by atoms with Gasteiger partial charge in [0.1, 0.15) is 0 Å². The van der Waals surface area contributed by atoms with Gasteiger partial charge in [0.15, 0.2) is 0 Å². The number of nitrogens with one attached hydrogen (secondary N) is 1. The summed E-state index contributed by atoms with van der Waals surface area (Å²) in [6, 6.07) is 10.9. The van der Waals surface area contributed by atoms with Crippen LogP contribution < -0.4 is 5.32 Å². The third-order valence-electron chi connectivity index (χ3n) is 3.51. The Kier molecular flexibility index (Phi) is 4.41. The third-order valence-corrected chi connectivity index (χ3v) is 3.51. The zero-order valence-corrected chi connectivity index (χ0v) is 10.3. The summed E-state index contributed by atoms with van der Waals surface area (Å²) in [5, 5.41) is 3.58. The summed E-state index contributed by atoms with van der Waals surface area (Å²) in [6.45, 7) is 4.67. The lowest BCUT2D eigenvalue weighted by Crippen LogP contribution is -2.18. The first-order chi connectivity index (χ1) is 7.92. The molecular formula is C15H23N. The summed E-state index contributed by atoms with van der Waals surface area (Å²) < 4.78 is 0. The summed E-state index contributed by atoms with van der Waals surface area (Å²) in [4.78, 5) is 0. The van der Waals surface area contributed by atoms with Crippen LogP contribution in [0.3, 0.4) is 0 Å². The van der Waals surface area contributed by atoms with E-state index in [0.717, 1.165) is 11.8 Å². The van der Waals surface area contributed by atoms with Gasteiger partial charge in [-0.1, -0.05) is 50.1 Å². The van der Waals surface area contributed by atoms with E-state index in [1.807, 2.05) is 0 Å². The van der Waals surface area contributed by atoms with Crippen molar-refractivity contribution in [1.29, 1.82) is 0 Å². The van der Waals surface area contributed by atoms with E-state index in [-0.39, 0.29) is 0 Å². The molecule has 1 aromatic carbocycles. The van der Waals surface area contributed by atoms with Gasteiger partial charge in [0.2, 0.25) is 0 Å². The molecule has 0 radical (unpaired) electrons. The molecule has 1 fully saturated rings. The largest absolute Gasteiger partial charge is 0.316 e. The second-order valence-corrected chi connectivity index (χ2v) is 4.92. The van der Waals surface area contributed by atoms with Crippen LogP contribution in [-0.2, 0) is 0 Å². The van der Waals surface area contributed by atoms with Crippen molar-refractivity contribution in [2.45, 2.75) is 38.5 Å². The highest BCUT2D eigenvalue weighted by Gasteiger charge is 2.37. The molecule has 0 aromatic heterocycles. The average molecular weight is 217 g/mol. The molecule has 1 aromatic rings. The summed E-state index contributed by atoms with van der Waals surface area (Å²) in [6.07, 6.45) is 5.39. The second kappa shape index (κ2) is 6.05. The molecule has 1 aliphatic rings. The summed E-state index contributed by atoms with van der Waals surface area (Å²) in [5.41, 5.74) is 1.53. The minimum Gasteiger partial charge on any atom is -0.316 e. The Morgan fingerprint density at radius 3 is 2.75 bits per heavy atom. The second-order valence-electron chi connectivity index (χ2n) is 4.92. The molecule has 1 aliphatic carbocycles. The Bertz CT molecular complexity index is 294. The standard InChI is InChI=1S/C15H23N/c1-2-3-7-10-16-12-14-11-15(14)13-8-5-4-6-9-13/h4-6,8-9,14-16H,2-3,7,10-12H2,1H3/t14-,15-/m0/s1. The van der Waals surface area contributed by atoms with E-state index in [9.17, 15) is 0 Å². The summed E-state index contributed by atoms with van der Waals surface area (Å²) in [5.74, 6) is 1.73. The van der Waals surface area contributed by atoms with Gasteiger partial charge in [0.05, 0.1) is 0 Å². The number of hydrogen-bond donors (Lipinski definition) is 1. The van der Waals surface area contributed by atoms with Gasteiger partial charge in [-0.3, -0.25) is 0 Å². The van der Waals surface area contributed by atoms with E-state index in [4.69, 9.17) is 0 Å². The number of unbranched alkanes of at least 4 members (excludes halogenated alkanes) is 2. The molecule has 0 amide bonds. The Morgan fingerprint density at radius 1 is 1.19 bits per heavy atom. The van der Waals surface area contributed by atoms with Crippen molar-refractivity contribution in [3.63, 3.8) is 0 Å². The lowest BCUT2D eigenvalue weighted by atomic mass is 10.1. The molecule has 1 nitrogen and oxygen atoms in total. The normalized spacial score (nSPS) is 23.3. The van der Waals surface area contributed by atoms with Gasteiger partial charge >= 0.3 is 0 Å². The van der Waals surface area contributed by atoms with Crippen molar-refractivity contribution < 1.29 is 0 Å². The first-order valence-corrected chi connectivity index (χ1v) is 6.67. The smallest absolute Gasteiger partial charge is 0.00144 e. The predicted octanol–water partition coefficient (Wildman–Crippen LogP) is 3.57. The Morgan fingerprint density at radius 2 is 2.00 bits per heavy atom. The van der Waals surface area contributed by atoms with Crippen LogP contribution in [0.4, 0.5) is 0 Å². The van der Waals surface area contributed by atoms with E-state index < -0.39 is 0 Å². The predicted molar refractivity (Wildman–Crippen MR) is 69.7 cm³/mol.